The van der Waals surface area contributed by atoms with Crippen LogP contribution in [0.15, 0.2) is 58.3 Å². The second kappa shape index (κ2) is 6.21. The molecule has 128 valence electrons. The molecule has 2 aromatic heterocycles. The maximum absolute atomic E-state index is 12.6. The Bertz CT molecular complexity index is 1010. The lowest BCUT2D eigenvalue weighted by Gasteiger charge is -2.09. The standard InChI is InChI=1S/C16H9ClF3N3O2/c17-11-4-2-1-3-10(11)12-7-14(24)23(15(25)22-12)13-6-5-9(8-21-13)16(18,19)20/h1-8H,(H,22,25). The van der Waals surface area contributed by atoms with Gasteiger partial charge in [-0.15, -0.1) is 0 Å². The minimum atomic E-state index is -4.56. The van der Waals surface area contributed by atoms with E-state index >= 15 is 0 Å². The van der Waals surface area contributed by atoms with Crippen LogP contribution in [0.25, 0.3) is 17.1 Å². The Kier molecular flexibility index (Phi) is 4.22. The van der Waals surface area contributed by atoms with Gasteiger partial charge in [-0.2, -0.15) is 13.2 Å². The van der Waals surface area contributed by atoms with Gasteiger partial charge in [-0.3, -0.25) is 4.79 Å². The van der Waals surface area contributed by atoms with Gasteiger partial charge in [0.1, 0.15) is 5.82 Å². The van der Waals surface area contributed by atoms with Crippen LogP contribution in [-0.2, 0) is 6.18 Å². The number of H-pyrrole nitrogens is 1. The van der Waals surface area contributed by atoms with Crippen LogP contribution < -0.4 is 11.2 Å². The molecule has 1 aromatic carbocycles. The molecule has 9 heteroatoms. The zero-order chi connectivity index (χ0) is 18.2. The van der Waals surface area contributed by atoms with Gasteiger partial charge in [0.05, 0.1) is 11.3 Å². The van der Waals surface area contributed by atoms with Crippen molar-refractivity contribution in [3.8, 4) is 17.1 Å². The molecule has 0 bridgehead atoms. The predicted octanol–water partition coefficient (Wildman–Crippen LogP) is 3.26. The number of aromatic nitrogens is 3. The van der Waals surface area contributed by atoms with Crippen molar-refractivity contribution in [1.82, 2.24) is 14.5 Å². The Morgan fingerprint density at radius 3 is 2.36 bits per heavy atom. The molecule has 0 saturated heterocycles. The number of nitrogens with zero attached hydrogens (tertiary/aromatic N) is 2. The molecule has 0 aliphatic heterocycles. The maximum atomic E-state index is 12.6. The van der Waals surface area contributed by atoms with E-state index < -0.39 is 23.0 Å². The van der Waals surface area contributed by atoms with Crippen molar-refractivity contribution in [1.29, 1.82) is 0 Å². The van der Waals surface area contributed by atoms with Gasteiger partial charge in [-0.1, -0.05) is 29.8 Å². The van der Waals surface area contributed by atoms with Crippen LogP contribution in [-0.4, -0.2) is 14.5 Å². The lowest BCUT2D eigenvalue weighted by molar-refractivity contribution is -0.137. The van der Waals surface area contributed by atoms with Gasteiger partial charge in [-0.25, -0.2) is 14.3 Å². The molecule has 3 aromatic rings. The van der Waals surface area contributed by atoms with Crippen molar-refractivity contribution in [2.75, 3.05) is 0 Å². The average molecular weight is 368 g/mol. The second-order valence-electron chi connectivity index (χ2n) is 5.04. The fourth-order valence-corrected chi connectivity index (χ4v) is 2.46. The predicted molar refractivity (Wildman–Crippen MR) is 85.9 cm³/mol. The highest BCUT2D eigenvalue weighted by atomic mass is 35.5. The quantitative estimate of drug-likeness (QED) is 0.756. The van der Waals surface area contributed by atoms with Crippen molar-refractivity contribution >= 4 is 11.6 Å². The van der Waals surface area contributed by atoms with Gasteiger partial charge in [0, 0.05) is 22.8 Å². The third-order valence-corrected chi connectivity index (χ3v) is 3.73. The van der Waals surface area contributed by atoms with Crippen molar-refractivity contribution in [3.05, 3.63) is 80.1 Å². The summed E-state index contributed by atoms with van der Waals surface area (Å²) < 4.78 is 38.3. The van der Waals surface area contributed by atoms with Gasteiger partial charge in [0.25, 0.3) is 5.56 Å². The van der Waals surface area contributed by atoms with E-state index in [1.54, 1.807) is 24.3 Å². The molecule has 3 rings (SSSR count). The SMILES string of the molecule is O=c1cc(-c2ccccc2Cl)[nH]c(=O)n1-c1ccc(C(F)(F)F)cn1. The summed E-state index contributed by atoms with van der Waals surface area (Å²) in [6.45, 7) is 0. The first-order valence-corrected chi connectivity index (χ1v) is 7.30. The molecule has 0 radical (unpaired) electrons. The summed E-state index contributed by atoms with van der Waals surface area (Å²) in [5, 5.41) is 0.336. The zero-order valence-corrected chi connectivity index (χ0v) is 13.1. The van der Waals surface area contributed by atoms with Crippen molar-refractivity contribution in [2.24, 2.45) is 0 Å². The van der Waals surface area contributed by atoms with Gasteiger partial charge in [-0.05, 0) is 18.2 Å². The van der Waals surface area contributed by atoms with Crippen molar-refractivity contribution in [2.45, 2.75) is 6.18 Å². The molecular formula is C16H9ClF3N3O2. The van der Waals surface area contributed by atoms with E-state index in [4.69, 9.17) is 11.6 Å². The van der Waals surface area contributed by atoms with E-state index in [9.17, 15) is 22.8 Å². The molecule has 0 aliphatic rings. The van der Waals surface area contributed by atoms with E-state index in [1.807, 2.05) is 0 Å². The van der Waals surface area contributed by atoms with Crippen LogP contribution in [0.1, 0.15) is 5.56 Å². The average Bonchev–Trinajstić information content (AvgIpc) is 2.54. The van der Waals surface area contributed by atoms with Crippen LogP contribution in [0.4, 0.5) is 13.2 Å². The number of aromatic amines is 1. The topological polar surface area (TPSA) is 67.8 Å². The minimum absolute atomic E-state index is 0.198. The van der Waals surface area contributed by atoms with E-state index in [0.29, 0.717) is 21.4 Å². The Labute approximate surface area is 143 Å². The third kappa shape index (κ3) is 3.34. The summed E-state index contributed by atoms with van der Waals surface area (Å²) in [6, 6.07) is 9.42. The number of halogens is 4. The summed E-state index contributed by atoms with van der Waals surface area (Å²) in [6.07, 6.45) is -4.00. The van der Waals surface area contributed by atoms with Crippen LogP contribution in [0.3, 0.4) is 0 Å². The maximum Gasteiger partial charge on any atom is 0.417 e. The molecule has 0 spiro atoms. The molecule has 0 amide bonds. The van der Waals surface area contributed by atoms with Crippen molar-refractivity contribution in [3.63, 3.8) is 0 Å². The van der Waals surface area contributed by atoms with Crippen LogP contribution in [0.5, 0.6) is 0 Å². The van der Waals surface area contributed by atoms with E-state index in [-0.39, 0.29) is 11.5 Å². The molecule has 0 atom stereocenters. The highest BCUT2D eigenvalue weighted by Gasteiger charge is 2.30. The lowest BCUT2D eigenvalue weighted by atomic mass is 10.1. The molecule has 0 fully saturated rings. The molecule has 1 N–H and O–H groups in total. The first kappa shape index (κ1) is 17.0. The van der Waals surface area contributed by atoms with Gasteiger partial charge >= 0.3 is 11.9 Å². The highest BCUT2D eigenvalue weighted by molar-refractivity contribution is 6.33. The van der Waals surface area contributed by atoms with E-state index in [1.165, 1.54) is 0 Å². The molecule has 0 saturated carbocycles. The summed E-state index contributed by atoms with van der Waals surface area (Å²) in [5.74, 6) is -0.218. The van der Waals surface area contributed by atoms with Gasteiger partial charge in [0.15, 0.2) is 0 Å². The Balaban J connectivity index is 2.09. The van der Waals surface area contributed by atoms with Crippen molar-refractivity contribution < 1.29 is 13.2 Å². The number of benzene rings is 1. The molecule has 0 unspecified atom stereocenters. The first-order chi connectivity index (χ1) is 11.8. The van der Waals surface area contributed by atoms with Crippen LogP contribution >= 0.6 is 11.6 Å². The molecular weight excluding hydrogens is 359 g/mol. The monoisotopic (exact) mass is 367 g/mol. The first-order valence-electron chi connectivity index (χ1n) is 6.92. The Morgan fingerprint density at radius 2 is 1.80 bits per heavy atom. The highest BCUT2D eigenvalue weighted by Crippen LogP contribution is 2.28. The fourth-order valence-electron chi connectivity index (χ4n) is 2.22. The molecule has 5 nitrogen and oxygen atoms in total. The van der Waals surface area contributed by atoms with E-state index in [2.05, 4.69) is 9.97 Å². The number of pyridine rings is 1. The number of nitrogens with one attached hydrogen (secondary N) is 1. The number of alkyl halides is 3. The van der Waals surface area contributed by atoms with E-state index in [0.717, 1.165) is 18.2 Å². The molecule has 25 heavy (non-hydrogen) atoms. The smallest absolute Gasteiger partial charge is 0.306 e. The zero-order valence-electron chi connectivity index (χ0n) is 12.3. The van der Waals surface area contributed by atoms with Crippen LogP contribution in [0, 0.1) is 0 Å². The molecule has 2 heterocycles. The lowest BCUT2D eigenvalue weighted by Crippen LogP contribution is -2.34. The normalized spacial score (nSPS) is 11.5. The van der Waals surface area contributed by atoms with Gasteiger partial charge < -0.3 is 4.98 Å². The number of rotatable bonds is 2. The summed E-state index contributed by atoms with van der Waals surface area (Å²) >= 11 is 6.03. The Morgan fingerprint density at radius 1 is 1.08 bits per heavy atom. The third-order valence-electron chi connectivity index (χ3n) is 3.40. The second-order valence-corrected chi connectivity index (χ2v) is 5.45. The summed E-state index contributed by atoms with van der Waals surface area (Å²) in [4.78, 5) is 30.5. The Hall–Kier alpha value is -2.87. The molecule has 0 aliphatic carbocycles. The number of hydrogen-bond donors (Lipinski definition) is 1. The fraction of sp³-hybridized carbons (Fsp3) is 0.0625. The number of hydrogen-bond acceptors (Lipinski definition) is 3. The van der Waals surface area contributed by atoms with Gasteiger partial charge in [0.2, 0.25) is 0 Å². The van der Waals surface area contributed by atoms with Crippen LogP contribution in [0.2, 0.25) is 5.02 Å². The summed E-state index contributed by atoms with van der Waals surface area (Å²) in [7, 11) is 0. The minimum Gasteiger partial charge on any atom is -0.306 e. The largest absolute Gasteiger partial charge is 0.417 e. The summed E-state index contributed by atoms with van der Waals surface area (Å²) in [5.41, 5.74) is -1.91.